The van der Waals surface area contributed by atoms with Crippen LogP contribution in [0.25, 0.3) is 28.0 Å². The SMILES string of the molecule is CF.CN1CCC(n2c(=O)n(C)c3ccccc32)CC1.O=Cc1cc(-c2ccncc2)n(-c2ccc(F)cc2)n1. The van der Waals surface area contributed by atoms with Crippen molar-refractivity contribution in [3.63, 3.8) is 0 Å². The first kappa shape index (κ1) is 28.6. The number of hydrogen-bond donors (Lipinski definition) is 0. The highest BCUT2D eigenvalue weighted by molar-refractivity contribution is 5.77. The molecule has 0 bridgehead atoms. The summed E-state index contributed by atoms with van der Waals surface area (Å²) in [4.78, 5) is 29.6. The maximum atomic E-state index is 13.0. The molecule has 1 aliphatic rings. The van der Waals surface area contributed by atoms with Crippen LogP contribution in [-0.2, 0) is 7.05 Å². The number of pyridine rings is 1. The second-order valence-corrected chi connectivity index (χ2v) is 9.43. The van der Waals surface area contributed by atoms with Crippen molar-refractivity contribution in [2.75, 3.05) is 27.3 Å². The normalized spacial score (nSPS) is 13.7. The zero-order valence-corrected chi connectivity index (χ0v) is 22.7. The molecule has 0 atom stereocenters. The fraction of sp³-hybridized carbons (Fsp3) is 0.267. The van der Waals surface area contributed by atoms with E-state index >= 15 is 0 Å². The summed E-state index contributed by atoms with van der Waals surface area (Å²) in [6, 6.07) is 19.7. The monoisotopic (exact) mass is 546 g/mol. The van der Waals surface area contributed by atoms with E-state index in [2.05, 4.69) is 28.1 Å². The van der Waals surface area contributed by atoms with Gasteiger partial charge in [-0.2, -0.15) is 5.10 Å². The van der Waals surface area contributed by atoms with E-state index in [1.807, 2.05) is 41.9 Å². The van der Waals surface area contributed by atoms with E-state index in [0.29, 0.717) is 30.9 Å². The first-order valence-corrected chi connectivity index (χ1v) is 12.9. The summed E-state index contributed by atoms with van der Waals surface area (Å²) in [6.07, 6.45) is 6.13. The van der Waals surface area contributed by atoms with Crippen molar-refractivity contribution in [2.45, 2.75) is 18.9 Å². The lowest BCUT2D eigenvalue weighted by Gasteiger charge is -2.29. The van der Waals surface area contributed by atoms with Crippen LogP contribution in [-0.4, -0.2) is 62.4 Å². The molecule has 40 heavy (non-hydrogen) atoms. The van der Waals surface area contributed by atoms with Gasteiger partial charge in [-0.05, 0) is 87.6 Å². The molecule has 4 heterocycles. The highest BCUT2D eigenvalue weighted by Gasteiger charge is 2.22. The van der Waals surface area contributed by atoms with Crippen LogP contribution >= 0.6 is 0 Å². The molecule has 1 fully saturated rings. The topological polar surface area (TPSA) is 78.0 Å². The second kappa shape index (κ2) is 13.1. The van der Waals surface area contributed by atoms with Crippen molar-refractivity contribution in [1.29, 1.82) is 0 Å². The minimum atomic E-state index is -0.318. The van der Waals surface area contributed by atoms with Gasteiger partial charge in [-0.1, -0.05) is 12.1 Å². The number of rotatable bonds is 4. The molecular formula is C30H32F2N6O2. The van der Waals surface area contributed by atoms with Crippen LogP contribution in [0.3, 0.4) is 0 Å². The smallest absolute Gasteiger partial charge is 0.306 e. The van der Waals surface area contributed by atoms with Gasteiger partial charge in [0.2, 0.25) is 0 Å². The third kappa shape index (κ3) is 6.07. The van der Waals surface area contributed by atoms with Gasteiger partial charge < -0.3 is 4.90 Å². The maximum absolute atomic E-state index is 13.0. The molecule has 0 amide bonds. The number of para-hydroxylation sites is 2. The predicted molar refractivity (Wildman–Crippen MR) is 152 cm³/mol. The minimum Gasteiger partial charge on any atom is -0.306 e. The van der Waals surface area contributed by atoms with Gasteiger partial charge >= 0.3 is 5.69 Å². The Balaban J connectivity index is 0.000000175. The Labute approximate surface area is 231 Å². The highest BCUT2D eigenvalue weighted by Crippen LogP contribution is 2.25. The molecule has 208 valence electrons. The first-order valence-electron chi connectivity index (χ1n) is 12.9. The van der Waals surface area contributed by atoms with Gasteiger partial charge in [-0.15, -0.1) is 0 Å². The molecule has 0 aliphatic carbocycles. The summed E-state index contributed by atoms with van der Waals surface area (Å²) in [5.41, 5.74) is 4.85. The average Bonchev–Trinajstić information content (AvgIpc) is 3.55. The number of fused-ring (bicyclic) bond motifs is 1. The minimum absolute atomic E-state index is 0.116. The fourth-order valence-corrected chi connectivity index (χ4v) is 4.89. The number of likely N-dealkylation sites (tertiary alicyclic amines) is 1. The summed E-state index contributed by atoms with van der Waals surface area (Å²) in [5.74, 6) is -0.318. The lowest BCUT2D eigenvalue weighted by Crippen LogP contribution is -2.35. The Morgan fingerprint density at radius 3 is 2.15 bits per heavy atom. The van der Waals surface area contributed by atoms with Crippen molar-refractivity contribution in [1.82, 2.24) is 28.8 Å². The number of benzene rings is 2. The Bertz CT molecular complexity index is 1600. The number of piperidine rings is 1. The van der Waals surface area contributed by atoms with Gasteiger partial charge in [0.15, 0.2) is 6.29 Å². The molecule has 0 unspecified atom stereocenters. The first-order chi connectivity index (χ1) is 19.5. The van der Waals surface area contributed by atoms with E-state index in [1.54, 1.807) is 39.8 Å². The number of imidazole rings is 1. The van der Waals surface area contributed by atoms with E-state index in [0.717, 1.165) is 48.2 Å². The van der Waals surface area contributed by atoms with E-state index in [9.17, 15) is 18.4 Å². The van der Waals surface area contributed by atoms with Crippen molar-refractivity contribution >= 4 is 17.3 Å². The molecule has 0 spiro atoms. The molecule has 10 heteroatoms. The number of hydrogen-bond acceptors (Lipinski definition) is 5. The van der Waals surface area contributed by atoms with Crippen molar-refractivity contribution in [3.05, 3.63) is 101 Å². The number of alkyl halides is 1. The Morgan fingerprint density at radius 1 is 0.900 bits per heavy atom. The second-order valence-electron chi connectivity index (χ2n) is 9.43. The van der Waals surface area contributed by atoms with Crippen molar-refractivity contribution < 1.29 is 13.6 Å². The maximum Gasteiger partial charge on any atom is 0.329 e. The van der Waals surface area contributed by atoms with Crippen molar-refractivity contribution in [2.24, 2.45) is 7.05 Å². The number of halogens is 2. The number of aromatic nitrogens is 5. The number of nitrogens with zero attached hydrogens (tertiary/aromatic N) is 6. The van der Waals surface area contributed by atoms with Crippen LogP contribution in [0.15, 0.2) is 83.9 Å². The number of carbonyl (C=O) groups excluding carboxylic acids is 1. The van der Waals surface area contributed by atoms with Gasteiger partial charge in [0.1, 0.15) is 11.5 Å². The van der Waals surface area contributed by atoms with E-state index in [1.165, 1.54) is 12.1 Å². The molecule has 1 aliphatic heterocycles. The summed E-state index contributed by atoms with van der Waals surface area (Å²) in [6.45, 7) is 2.14. The number of carbonyl (C=O) groups is 1. The van der Waals surface area contributed by atoms with Crippen LogP contribution < -0.4 is 5.69 Å². The Hall–Kier alpha value is -4.44. The molecule has 3 aromatic heterocycles. The van der Waals surface area contributed by atoms with Gasteiger partial charge in [-0.3, -0.25) is 23.3 Å². The quantitative estimate of drug-likeness (QED) is 0.294. The van der Waals surface area contributed by atoms with Crippen LogP contribution in [0.4, 0.5) is 8.78 Å². The lowest BCUT2D eigenvalue weighted by atomic mass is 10.1. The standard InChI is InChI=1S/C15H10FN3O.C14H19N3O.CH3F/c16-12-1-3-14(4-2-12)19-15(9-13(10-20)18-19)11-5-7-17-8-6-11;1-15-9-7-11(8-10-15)17-13-6-4-3-5-12(13)16(2)14(17)18;1-2/h1-10H;3-6,11H,7-10H2,1-2H3;1H3. The molecule has 8 nitrogen and oxygen atoms in total. The third-order valence-electron chi connectivity index (χ3n) is 6.95. The van der Waals surface area contributed by atoms with Crippen LogP contribution in [0, 0.1) is 5.82 Å². The summed E-state index contributed by atoms with van der Waals surface area (Å²) in [7, 11) is 4.50. The summed E-state index contributed by atoms with van der Waals surface area (Å²) >= 11 is 0. The molecule has 1 saturated heterocycles. The summed E-state index contributed by atoms with van der Waals surface area (Å²) < 4.78 is 27.9. The third-order valence-corrected chi connectivity index (χ3v) is 6.95. The Kier molecular flexibility index (Phi) is 9.34. The van der Waals surface area contributed by atoms with Crippen LogP contribution in [0.1, 0.15) is 29.4 Å². The van der Waals surface area contributed by atoms with E-state index < -0.39 is 0 Å². The highest BCUT2D eigenvalue weighted by atomic mass is 19.1. The molecule has 0 N–H and O–H groups in total. The zero-order chi connectivity index (χ0) is 28.6. The molecule has 0 radical (unpaired) electrons. The molecular weight excluding hydrogens is 514 g/mol. The average molecular weight is 547 g/mol. The largest absolute Gasteiger partial charge is 0.329 e. The van der Waals surface area contributed by atoms with Gasteiger partial charge in [-0.25, -0.2) is 13.9 Å². The van der Waals surface area contributed by atoms with Crippen molar-refractivity contribution in [3.8, 4) is 16.9 Å². The van der Waals surface area contributed by atoms with Gasteiger partial charge in [0.25, 0.3) is 0 Å². The van der Waals surface area contributed by atoms with E-state index in [4.69, 9.17) is 0 Å². The molecule has 2 aromatic carbocycles. The fourth-order valence-electron chi connectivity index (χ4n) is 4.89. The van der Waals surface area contributed by atoms with Gasteiger partial charge in [0.05, 0.1) is 29.6 Å². The number of aldehydes is 1. The van der Waals surface area contributed by atoms with Gasteiger partial charge in [0, 0.05) is 31.0 Å². The lowest BCUT2D eigenvalue weighted by molar-refractivity contribution is 0.111. The molecule has 0 saturated carbocycles. The van der Waals surface area contributed by atoms with Crippen LogP contribution in [0.2, 0.25) is 0 Å². The predicted octanol–water partition coefficient (Wildman–Crippen LogP) is 5.08. The molecule has 6 rings (SSSR count). The summed E-state index contributed by atoms with van der Waals surface area (Å²) in [5, 5.41) is 4.21. The zero-order valence-electron chi connectivity index (χ0n) is 22.7. The molecule has 5 aromatic rings. The number of aryl methyl sites for hydroxylation is 1. The van der Waals surface area contributed by atoms with Crippen LogP contribution in [0.5, 0.6) is 0 Å². The Morgan fingerprint density at radius 2 is 1.52 bits per heavy atom. The van der Waals surface area contributed by atoms with E-state index in [-0.39, 0.29) is 11.5 Å².